The number of amides is 1. The van der Waals surface area contributed by atoms with Crippen LogP contribution in [-0.2, 0) is 4.79 Å². The molecule has 2 aromatic carbocycles. The molecule has 104 valence electrons. The molecule has 0 heterocycles. The van der Waals surface area contributed by atoms with E-state index >= 15 is 0 Å². The SMILES string of the molecule is O=C(CNc1cccc(Cl)c1)Nc1c(Cl)cccc1Cl. The lowest BCUT2D eigenvalue weighted by molar-refractivity contribution is -0.114. The maximum atomic E-state index is 11.9. The summed E-state index contributed by atoms with van der Waals surface area (Å²) >= 11 is 17.8. The molecule has 0 spiro atoms. The summed E-state index contributed by atoms with van der Waals surface area (Å²) < 4.78 is 0. The maximum Gasteiger partial charge on any atom is 0.243 e. The van der Waals surface area contributed by atoms with Gasteiger partial charge in [-0.15, -0.1) is 0 Å². The van der Waals surface area contributed by atoms with Crippen LogP contribution in [0.25, 0.3) is 0 Å². The van der Waals surface area contributed by atoms with Crippen LogP contribution >= 0.6 is 34.8 Å². The highest BCUT2D eigenvalue weighted by Gasteiger charge is 2.09. The first-order valence-electron chi connectivity index (χ1n) is 5.79. The Labute approximate surface area is 131 Å². The molecule has 0 aliphatic rings. The monoisotopic (exact) mass is 328 g/mol. The van der Waals surface area contributed by atoms with E-state index in [-0.39, 0.29) is 12.5 Å². The third kappa shape index (κ3) is 4.04. The normalized spacial score (nSPS) is 10.2. The average Bonchev–Trinajstić information content (AvgIpc) is 2.41. The van der Waals surface area contributed by atoms with Crippen LogP contribution in [0.15, 0.2) is 42.5 Å². The van der Waals surface area contributed by atoms with E-state index in [0.717, 1.165) is 5.69 Å². The highest BCUT2D eigenvalue weighted by Crippen LogP contribution is 2.29. The largest absolute Gasteiger partial charge is 0.376 e. The van der Waals surface area contributed by atoms with Crippen molar-refractivity contribution in [1.82, 2.24) is 0 Å². The summed E-state index contributed by atoms with van der Waals surface area (Å²) in [6, 6.07) is 12.1. The Morgan fingerprint density at radius 1 is 1.00 bits per heavy atom. The zero-order valence-electron chi connectivity index (χ0n) is 10.3. The van der Waals surface area contributed by atoms with Crippen molar-refractivity contribution in [2.45, 2.75) is 0 Å². The van der Waals surface area contributed by atoms with E-state index in [4.69, 9.17) is 34.8 Å². The molecule has 0 aliphatic heterocycles. The molecular formula is C14H11Cl3N2O. The molecule has 3 nitrogen and oxygen atoms in total. The Balaban J connectivity index is 1.96. The molecular weight excluding hydrogens is 319 g/mol. The third-order valence-corrected chi connectivity index (χ3v) is 3.37. The van der Waals surface area contributed by atoms with Crippen LogP contribution in [0.5, 0.6) is 0 Å². The molecule has 0 radical (unpaired) electrons. The molecule has 1 amide bonds. The minimum atomic E-state index is -0.250. The van der Waals surface area contributed by atoms with Gasteiger partial charge in [-0.1, -0.05) is 46.9 Å². The van der Waals surface area contributed by atoms with E-state index in [1.807, 2.05) is 6.07 Å². The molecule has 0 fully saturated rings. The standard InChI is InChI=1S/C14H11Cl3N2O/c15-9-3-1-4-10(7-9)18-8-13(20)19-14-11(16)5-2-6-12(14)17/h1-7,18H,8H2,(H,19,20). The van der Waals surface area contributed by atoms with Gasteiger partial charge in [-0.3, -0.25) is 4.79 Å². The number of benzene rings is 2. The number of carbonyl (C=O) groups is 1. The molecule has 0 aliphatic carbocycles. The molecule has 6 heteroatoms. The van der Waals surface area contributed by atoms with Gasteiger partial charge in [0.15, 0.2) is 0 Å². The molecule has 20 heavy (non-hydrogen) atoms. The fourth-order valence-corrected chi connectivity index (χ4v) is 2.26. The van der Waals surface area contributed by atoms with Gasteiger partial charge in [0.1, 0.15) is 0 Å². The van der Waals surface area contributed by atoms with E-state index in [0.29, 0.717) is 20.8 Å². The smallest absolute Gasteiger partial charge is 0.243 e. The van der Waals surface area contributed by atoms with Crippen LogP contribution in [-0.4, -0.2) is 12.5 Å². The van der Waals surface area contributed by atoms with Gasteiger partial charge in [0.25, 0.3) is 0 Å². The first-order valence-corrected chi connectivity index (χ1v) is 6.93. The van der Waals surface area contributed by atoms with Gasteiger partial charge in [0.2, 0.25) is 5.91 Å². The van der Waals surface area contributed by atoms with E-state index in [1.54, 1.807) is 36.4 Å². The van der Waals surface area contributed by atoms with Crippen molar-refractivity contribution in [3.8, 4) is 0 Å². The zero-order chi connectivity index (χ0) is 14.5. The zero-order valence-corrected chi connectivity index (χ0v) is 12.6. The van der Waals surface area contributed by atoms with Gasteiger partial charge in [-0.2, -0.15) is 0 Å². The Morgan fingerprint density at radius 3 is 2.30 bits per heavy atom. The quantitative estimate of drug-likeness (QED) is 0.854. The van der Waals surface area contributed by atoms with Gasteiger partial charge in [-0.25, -0.2) is 0 Å². The first-order chi connectivity index (χ1) is 9.56. The van der Waals surface area contributed by atoms with E-state index in [2.05, 4.69) is 10.6 Å². The number of halogens is 3. The third-order valence-electron chi connectivity index (χ3n) is 2.50. The lowest BCUT2D eigenvalue weighted by Crippen LogP contribution is -2.22. The summed E-state index contributed by atoms with van der Waals surface area (Å²) in [5, 5.41) is 7.02. The van der Waals surface area contributed by atoms with Crippen LogP contribution in [0.4, 0.5) is 11.4 Å². The van der Waals surface area contributed by atoms with E-state index in [1.165, 1.54) is 0 Å². The number of carbonyl (C=O) groups excluding carboxylic acids is 1. The van der Waals surface area contributed by atoms with Crippen molar-refractivity contribution in [2.24, 2.45) is 0 Å². The van der Waals surface area contributed by atoms with Crippen LogP contribution in [0.1, 0.15) is 0 Å². The average molecular weight is 330 g/mol. The molecule has 2 rings (SSSR count). The summed E-state index contributed by atoms with van der Waals surface area (Å²) in [5.74, 6) is -0.250. The number of anilines is 2. The summed E-state index contributed by atoms with van der Waals surface area (Å²) in [6.45, 7) is 0.0852. The maximum absolute atomic E-state index is 11.9. The summed E-state index contributed by atoms with van der Waals surface area (Å²) in [6.07, 6.45) is 0. The van der Waals surface area contributed by atoms with Crippen molar-refractivity contribution >= 4 is 52.1 Å². The molecule has 0 aromatic heterocycles. The lowest BCUT2D eigenvalue weighted by Gasteiger charge is -2.10. The van der Waals surface area contributed by atoms with Gasteiger partial charge < -0.3 is 10.6 Å². The van der Waals surface area contributed by atoms with Gasteiger partial charge in [-0.05, 0) is 30.3 Å². The second-order valence-corrected chi connectivity index (χ2v) is 5.26. The predicted molar refractivity (Wildman–Crippen MR) is 85.0 cm³/mol. The Bertz CT molecular complexity index is 611. The second-order valence-electron chi connectivity index (χ2n) is 4.01. The summed E-state index contributed by atoms with van der Waals surface area (Å²) in [4.78, 5) is 11.9. The highest BCUT2D eigenvalue weighted by atomic mass is 35.5. The van der Waals surface area contributed by atoms with Crippen LogP contribution in [0.3, 0.4) is 0 Å². The molecule has 2 N–H and O–H groups in total. The first kappa shape index (κ1) is 15.0. The Kier molecular flexibility index (Phi) is 5.12. The number of hydrogen-bond donors (Lipinski definition) is 2. The number of para-hydroxylation sites is 1. The minimum Gasteiger partial charge on any atom is -0.376 e. The molecule has 0 unspecified atom stereocenters. The number of nitrogens with one attached hydrogen (secondary N) is 2. The Morgan fingerprint density at radius 2 is 1.65 bits per heavy atom. The minimum absolute atomic E-state index is 0.0852. The molecule has 0 saturated heterocycles. The topological polar surface area (TPSA) is 41.1 Å². The molecule has 2 aromatic rings. The summed E-state index contributed by atoms with van der Waals surface area (Å²) in [7, 11) is 0. The van der Waals surface area contributed by atoms with Gasteiger partial charge in [0.05, 0.1) is 22.3 Å². The van der Waals surface area contributed by atoms with Crippen molar-refractivity contribution in [3.05, 3.63) is 57.5 Å². The van der Waals surface area contributed by atoms with Crippen molar-refractivity contribution < 1.29 is 4.79 Å². The van der Waals surface area contributed by atoms with Crippen molar-refractivity contribution in [3.63, 3.8) is 0 Å². The predicted octanol–water partition coefficient (Wildman–Crippen LogP) is 4.70. The fourth-order valence-electron chi connectivity index (χ4n) is 1.58. The lowest BCUT2D eigenvalue weighted by atomic mass is 10.3. The van der Waals surface area contributed by atoms with Crippen LogP contribution in [0, 0.1) is 0 Å². The van der Waals surface area contributed by atoms with Crippen molar-refractivity contribution in [1.29, 1.82) is 0 Å². The van der Waals surface area contributed by atoms with Crippen LogP contribution < -0.4 is 10.6 Å². The number of hydrogen-bond acceptors (Lipinski definition) is 2. The molecule has 0 bridgehead atoms. The fraction of sp³-hybridized carbons (Fsp3) is 0.0714. The van der Waals surface area contributed by atoms with E-state index < -0.39 is 0 Å². The summed E-state index contributed by atoms with van der Waals surface area (Å²) in [5.41, 5.74) is 1.17. The van der Waals surface area contributed by atoms with Crippen LogP contribution in [0.2, 0.25) is 15.1 Å². The van der Waals surface area contributed by atoms with Crippen molar-refractivity contribution in [2.75, 3.05) is 17.2 Å². The second kappa shape index (κ2) is 6.84. The van der Waals surface area contributed by atoms with Gasteiger partial charge in [0, 0.05) is 10.7 Å². The molecule has 0 saturated carbocycles. The van der Waals surface area contributed by atoms with Gasteiger partial charge >= 0.3 is 0 Å². The molecule has 0 atom stereocenters. The number of rotatable bonds is 4. The highest BCUT2D eigenvalue weighted by molar-refractivity contribution is 6.39. The Hall–Kier alpha value is -1.42. The van der Waals surface area contributed by atoms with E-state index in [9.17, 15) is 4.79 Å².